The van der Waals surface area contributed by atoms with E-state index in [1.54, 1.807) is 12.3 Å². The smallest absolute Gasteiger partial charge is 0.550 e. The summed E-state index contributed by atoms with van der Waals surface area (Å²) in [7, 11) is 0. The number of fused-ring (bicyclic) bond motifs is 1. The zero-order valence-corrected chi connectivity index (χ0v) is 10.4. The van der Waals surface area contributed by atoms with E-state index in [4.69, 9.17) is 0 Å². The Morgan fingerprint density at radius 3 is 2.60 bits per heavy atom. The van der Waals surface area contributed by atoms with Crippen LogP contribution in [0.1, 0.15) is 5.69 Å². The van der Waals surface area contributed by atoms with E-state index >= 15 is 0 Å². The molecule has 0 bridgehead atoms. The number of aromatic nitrogens is 1. The summed E-state index contributed by atoms with van der Waals surface area (Å²) >= 11 is 0. The molecule has 2 rings (SSSR count). The Morgan fingerprint density at radius 1 is 1.27 bits per heavy atom. The molecule has 0 aliphatic carbocycles. The first kappa shape index (κ1) is 12.2. The molecule has 0 aliphatic rings. The number of carbonyl (C=O) groups is 1. The molecule has 4 heteroatoms. The molecular formula is C11H8NNaO2. The van der Waals surface area contributed by atoms with Crippen molar-refractivity contribution in [2.75, 3.05) is 0 Å². The summed E-state index contributed by atoms with van der Waals surface area (Å²) in [5.74, 6) is -1.10. The first-order valence-corrected chi connectivity index (χ1v) is 4.29. The maximum atomic E-state index is 10.4. The monoisotopic (exact) mass is 209 g/mol. The van der Waals surface area contributed by atoms with Gasteiger partial charge in [-0.25, -0.2) is 0 Å². The molecule has 0 spiro atoms. The number of benzene rings is 1. The Morgan fingerprint density at radius 2 is 1.93 bits per heavy atom. The Hall–Kier alpha value is -0.900. The second-order valence-electron chi connectivity index (χ2n) is 3.07. The minimum Gasteiger partial charge on any atom is -0.550 e. The van der Waals surface area contributed by atoms with Crippen LogP contribution in [-0.2, 0) is 11.2 Å². The third-order valence-corrected chi connectivity index (χ3v) is 2.01. The third-order valence-electron chi connectivity index (χ3n) is 2.01. The number of carbonyl (C=O) groups excluding carboxylic acids is 1. The molecule has 0 aliphatic heterocycles. The summed E-state index contributed by atoms with van der Waals surface area (Å²) < 4.78 is 0. The molecular weight excluding hydrogens is 201 g/mol. The van der Waals surface area contributed by atoms with Gasteiger partial charge in [0, 0.05) is 29.7 Å². The molecule has 15 heavy (non-hydrogen) atoms. The number of rotatable bonds is 2. The van der Waals surface area contributed by atoms with Gasteiger partial charge in [0.1, 0.15) is 0 Å². The third kappa shape index (κ3) is 3.02. The van der Waals surface area contributed by atoms with Gasteiger partial charge in [0.15, 0.2) is 0 Å². The quantitative estimate of drug-likeness (QED) is 0.515. The molecule has 3 nitrogen and oxygen atoms in total. The molecule has 70 valence electrons. The molecule has 0 saturated carbocycles. The predicted octanol–water partition coefficient (Wildman–Crippen LogP) is -2.47. The number of aliphatic carboxylic acids is 1. The summed E-state index contributed by atoms with van der Waals surface area (Å²) in [6, 6.07) is 9.46. The van der Waals surface area contributed by atoms with Gasteiger partial charge in [0.2, 0.25) is 0 Å². The number of carboxylic acid groups (broad SMARTS) is 1. The number of hydrogen-bond acceptors (Lipinski definition) is 3. The van der Waals surface area contributed by atoms with Crippen LogP contribution >= 0.6 is 0 Å². The van der Waals surface area contributed by atoms with Crippen molar-refractivity contribution < 1.29 is 39.5 Å². The van der Waals surface area contributed by atoms with Crippen LogP contribution in [-0.4, -0.2) is 11.0 Å². The first-order chi connectivity index (χ1) is 6.75. The number of pyridine rings is 1. The topological polar surface area (TPSA) is 53.0 Å². The van der Waals surface area contributed by atoms with Crippen molar-refractivity contribution in [2.45, 2.75) is 6.42 Å². The maximum Gasteiger partial charge on any atom is 1.00 e. The van der Waals surface area contributed by atoms with Gasteiger partial charge >= 0.3 is 29.6 Å². The van der Waals surface area contributed by atoms with Gasteiger partial charge in [0.25, 0.3) is 0 Å². The zero-order chi connectivity index (χ0) is 9.97. The van der Waals surface area contributed by atoms with Crippen molar-refractivity contribution in [3.63, 3.8) is 0 Å². The van der Waals surface area contributed by atoms with E-state index in [2.05, 4.69) is 4.98 Å². The van der Waals surface area contributed by atoms with Crippen molar-refractivity contribution in [3.05, 3.63) is 42.2 Å². The fraction of sp³-hybridized carbons (Fsp3) is 0.0909. The van der Waals surface area contributed by atoms with E-state index in [0.717, 1.165) is 10.8 Å². The van der Waals surface area contributed by atoms with Crippen LogP contribution in [0.2, 0.25) is 0 Å². The molecule has 0 radical (unpaired) electrons. The zero-order valence-electron chi connectivity index (χ0n) is 8.43. The van der Waals surface area contributed by atoms with Crippen LogP contribution in [0.5, 0.6) is 0 Å². The average Bonchev–Trinajstić information content (AvgIpc) is 2.17. The fourth-order valence-electron chi connectivity index (χ4n) is 1.37. The molecule has 0 amide bonds. The van der Waals surface area contributed by atoms with Crippen LogP contribution in [0.15, 0.2) is 36.5 Å². The molecule has 0 unspecified atom stereocenters. The largest absolute Gasteiger partial charge is 1.00 e. The van der Waals surface area contributed by atoms with Gasteiger partial charge in [-0.1, -0.05) is 24.3 Å². The van der Waals surface area contributed by atoms with Crippen molar-refractivity contribution in [1.82, 2.24) is 4.98 Å². The summed E-state index contributed by atoms with van der Waals surface area (Å²) in [5, 5.41) is 12.4. The molecule has 1 aromatic heterocycles. The van der Waals surface area contributed by atoms with Gasteiger partial charge in [-0.3, -0.25) is 4.98 Å². The minimum absolute atomic E-state index is 0. The van der Waals surface area contributed by atoms with Gasteiger partial charge in [-0.15, -0.1) is 0 Å². The van der Waals surface area contributed by atoms with Crippen LogP contribution in [0.3, 0.4) is 0 Å². The Kier molecular flexibility index (Phi) is 4.27. The molecule has 1 heterocycles. The molecule has 0 atom stereocenters. The standard InChI is InChI=1S/C11H9NO2.Na/c13-11(14)6-10-5-8-3-1-2-4-9(8)7-12-10;/h1-5,7H,6H2,(H,13,14);/q;+1/p-1. The van der Waals surface area contributed by atoms with Crippen molar-refractivity contribution in [2.24, 2.45) is 0 Å². The average molecular weight is 209 g/mol. The Balaban J connectivity index is 0.00000112. The van der Waals surface area contributed by atoms with Gasteiger partial charge in [0.05, 0.1) is 0 Å². The number of nitrogens with zero attached hydrogens (tertiary/aromatic N) is 1. The van der Waals surface area contributed by atoms with Gasteiger partial charge in [-0.05, 0) is 11.5 Å². The molecule has 1 aromatic carbocycles. The molecule has 0 saturated heterocycles. The Labute approximate surface area is 109 Å². The van der Waals surface area contributed by atoms with Crippen LogP contribution in [0.4, 0.5) is 0 Å². The van der Waals surface area contributed by atoms with E-state index in [-0.39, 0.29) is 36.0 Å². The normalized spacial score (nSPS) is 9.60. The number of hydrogen-bond donors (Lipinski definition) is 0. The van der Waals surface area contributed by atoms with E-state index in [1.807, 2.05) is 24.3 Å². The summed E-state index contributed by atoms with van der Waals surface area (Å²) in [6.07, 6.45) is 1.54. The van der Waals surface area contributed by atoms with Gasteiger partial charge in [-0.2, -0.15) is 0 Å². The molecule has 0 fully saturated rings. The predicted molar refractivity (Wildman–Crippen MR) is 50.5 cm³/mol. The van der Waals surface area contributed by atoms with Gasteiger partial charge < -0.3 is 9.90 Å². The van der Waals surface area contributed by atoms with E-state index in [1.165, 1.54) is 0 Å². The Bertz CT molecular complexity index is 485. The molecule has 0 N–H and O–H groups in total. The maximum absolute atomic E-state index is 10.4. The van der Waals surface area contributed by atoms with Crippen LogP contribution in [0, 0.1) is 0 Å². The summed E-state index contributed by atoms with van der Waals surface area (Å²) in [4.78, 5) is 14.4. The first-order valence-electron chi connectivity index (χ1n) is 4.29. The van der Waals surface area contributed by atoms with Crippen molar-refractivity contribution in [1.29, 1.82) is 0 Å². The second-order valence-corrected chi connectivity index (χ2v) is 3.07. The minimum atomic E-state index is -1.10. The summed E-state index contributed by atoms with van der Waals surface area (Å²) in [5.41, 5.74) is 0.531. The van der Waals surface area contributed by atoms with Crippen molar-refractivity contribution in [3.8, 4) is 0 Å². The fourth-order valence-corrected chi connectivity index (χ4v) is 1.37. The van der Waals surface area contributed by atoms with Crippen LogP contribution < -0.4 is 34.7 Å². The molecule has 2 aromatic rings. The van der Waals surface area contributed by atoms with E-state index in [9.17, 15) is 9.90 Å². The summed E-state index contributed by atoms with van der Waals surface area (Å²) in [6.45, 7) is 0. The van der Waals surface area contributed by atoms with E-state index in [0.29, 0.717) is 5.69 Å². The van der Waals surface area contributed by atoms with Crippen molar-refractivity contribution >= 4 is 16.7 Å². The SMILES string of the molecule is O=C([O-])Cc1cc2ccccc2cn1.[Na+]. The second kappa shape index (κ2) is 5.26. The van der Waals surface area contributed by atoms with Crippen LogP contribution in [0.25, 0.3) is 10.8 Å². The number of carboxylic acids is 1. The van der Waals surface area contributed by atoms with E-state index < -0.39 is 5.97 Å².